The number of H-pyrrole nitrogens is 1. The van der Waals surface area contributed by atoms with Crippen molar-refractivity contribution in [2.45, 2.75) is 19.4 Å². The lowest BCUT2D eigenvalue weighted by atomic mass is 10.0. The maximum absolute atomic E-state index is 12.5. The molecule has 3 heterocycles. The van der Waals surface area contributed by atoms with Crippen molar-refractivity contribution in [3.8, 4) is 11.3 Å². The number of carbonyl (C=O) groups excluding carboxylic acids is 1. The number of thiophene rings is 1. The van der Waals surface area contributed by atoms with Gasteiger partial charge in [0.2, 0.25) is 5.91 Å². The number of nitrogens with zero attached hydrogens (tertiary/aromatic N) is 2. The lowest BCUT2D eigenvalue weighted by Crippen LogP contribution is -2.36. The highest BCUT2D eigenvalue weighted by Crippen LogP contribution is 2.28. The molecule has 0 fully saturated rings. The van der Waals surface area contributed by atoms with Gasteiger partial charge in [-0.25, -0.2) is 0 Å². The molecule has 2 aromatic heterocycles. The van der Waals surface area contributed by atoms with E-state index in [9.17, 15) is 4.79 Å². The summed E-state index contributed by atoms with van der Waals surface area (Å²) in [5.74, 6) is 0.193. The van der Waals surface area contributed by atoms with Gasteiger partial charge < -0.3 is 4.90 Å². The summed E-state index contributed by atoms with van der Waals surface area (Å²) in [5.41, 5.74) is 4.37. The standard InChI is InChI=1S/C18H17N3OS/c22-17(11-14-7-4-10-23-14)21-9-8-16-15(12-21)18(20-19-16)13-5-2-1-3-6-13/h1-7,10H,8-9,11-12H2,(H,19,20). The molecule has 4 nitrogen and oxygen atoms in total. The van der Waals surface area contributed by atoms with Gasteiger partial charge in [-0.3, -0.25) is 9.89 Å². The molecule has 1 aromatic carbocycles. The van der Waals surface area contributed by atoms with Gasteiger partial charge in [0, 0.05) is 41.2 Å². The molecule has 1 aliphatic rings. The quantitative estimate of drug-likeness (QED) is 0.804. The van der Waals surface area contributed by atoms with Crippen LogP contribution in [0.15, 0.2) is 47.8 Å². The first-order valence-corrected chi connectivity index (χ1v) is 8.61. The fourth-order valence-electron chi connectivity index (χ4n) is 3.02. The van der Waals surface area contributed by atoms with Gasteiger partial charge >= 0.3 is 0 Å². The van der Waals surface area contributed by atoms with Crippen molar-refractivity contribution in [3.05, 3.63) is 64.0 Å². The Balaban J connectivity index is 1.57. The Labute approximate surface area is 138 Å². The number of aromatic nitrogens is 2. The van der Waals surface area contributed by atoms with Crippen LogP contribution in [-0.4, -0.2) is 27.5 Å². The smallest absolute Gasteiger partial charge is 0.228 e. The average Bonchev–Trinajstić information content (AvgIpc) is 3.24. The number of amides is 1. The molecule has 1 amide bonds. The lowest BCUT2D eigenvalue weighted by molar-refractivity contribution is -0.131. The van der Waals surface area contributed by atoms with Crippen molar-refractivity contribution in [1.29, 1.82) is 0 Å². The molecule has 0 unspecified atom stereocenters. The maximum atomic E-state index is 12.5. The summed E-state index contributed by atoms with van der Waals surface area (Å²) in [5, 5.41) is 9.63. The molecule has 3 aromatic rings. The summed E-state index contributed by atoms with van der Waals surface area (Å²) >= 11 is 1.64. The van der Waals surface area contributed by atoms with E-state index < -0.39 is 0 Å². The normalized spacial score (nSPS) is 13.8. The summed E-state index contributed by atoms with van der Waals surface area (Å²) < 4.78 is 0. The van der Waals surface area contributed by atoms with E-state index in [-0.39, 0.29) is 5.91 Å². The molecule has 5 heteroatoms. The zero-order valence-corrected chi connectivity index (χ0v) is 13.5. The van der Waals surface area contributed by atoms with Crippen LogP contribution in [0, 0.1) is 0 Å². The number of benzene rings is 1. The van der Waals surface area contributed by atoms with Crippen molar-refractivity contribution >= 4 is 17.2 Å². The van der Waals surface area contributed by atoms with Gasteiger partial charge in [0.15, 0.2) is 0 Å². The summed E-state index contributed by atoms with van der Waals surface area (Å²) in [6, 6.07) is 14.2. The molecular formula is C18H17N3OS. The molecule has 23 heavy (non-hydrogen) atoms. The van der Waals surface area contributed by atoms with Crippen molar-refractivity contribution < 1.29 is 4.79 Å². The predicted octanol–water partition coefficient (Wildman–Crippen LogP) is 3.27. The Morgan fingerprint density at radius 2 is 2.09 bits per heavy atom. The van der Waals surface area contributed by atoms with Crippen molar-refractivity contribution in [2.75, 3.05) is 6.54 Å². The van der Waals surface area contributed by atoms with Crippen LogP contribution < -0.4 is 0 Å². The lowest BCUT2D eigenvalue weighted by Gasteiger charge is -2.27. The van der Waals surface area contributed by atoms with Gasteiger partial charge in [0.25, 0.3) is 0 Å². The number of fused-ring (bicyclic) bond motifs is 1. The fourth-order valence-corrected chi connectivity index (χ4v) is 3.71. The maximum Gasteiger partial charge on any atom is 0.228 e. The molecule has 0 radical (unpaired) electrons. The minimum Gasteiger partial charge on any atom is -0.338 e. The van der Waals surface area contributed by atoms with Gasteiger partial charge in [-0.2, -0.15) is 5.10 Å². The number of hydrogen-bond acceptors (Lipinski definition) is 3. The summed E-state index contributed by atoms with van der Waals surface area (Å²) in [4.78, 5) is 15.6. The highest BCUT2D eigenvalue weighted by molar-refractivity contribution is 7.10. The molecule has 116 valence electrons. The van der Waals surface area contributed by atoms with Crippen molar-refractivity contribution in [1.82, 2.24) is 15.1 Å². The first-order valence-electron chi connectivity index (χ1n) is 7.73. The van der Waals surface area contributed by atoms with Crippen molar-refractivity contribution in [3.63, 3.8) is 0 Å². The number of aromatic amines is 1. The zero-order valence-electron chi connectivity index (χ0n) is 12.7. The third-order valence-electron chi connectivity index (χ3n) is 4.24. The van der Waals surface area contributed by atoms with Crippen LogP contribution in [0.25, 0.3) is 11.3 Å². The number of hydrogen-bond donors (Lipinski definition) is 1. The summed E-state index contributed by atoms with van der Waals surface area (Å²) in [6.07, 6.45) is 1.33. The molecule has 0 saturated carbocycles. The summed E-state index contributed by atoms with van der Waals surface area (Å²) in [6.45, 7) is 1.40. The third-order valence-corrected chi connectivity index (χ3v) is 5.12. The third kappa shape index (κ3) is 2.80. The van der Waals surface area contributed by atoms with Crippen LogP contribution >= 0.6 is 11.3 Å². The second-order valence-corrected chi connectivity index (χ2v) is 6.75. The molecule has 0 bridgehead atoms. The monoisotopic (exact) mass is 323 g/mol. The molecular weight excluding hydrogens is 306 g/mol. The largest absolute Gasteiger partial charge is 0.338 e. The van der Waals surface area contributed by atoms with E-state index in [2.05, 4.69) is 22.3 Å². The second kappa shape index (κ2) is 6.01. The first kappa shape index (κ1) is 14.2. The number of rotatable bonds is 3. The Morgan fingerprint density at radius 1 is 1.22 bits per heavy atom. The highest BCUT2D eigenvalue weighted by atomic mass is 32.1. The van der Waals surface area contributed by atoms with Gasteiger partial charge in [0.1, 0.15) is 0 Å². The Kier molecular flexibility index (Phi) is 3.71. The molecule has 1 aliphatic heterocycles. The fraction of sp³-hybridized carbons (Fsp3) is 0.222. The minimum absolute atomic E-state index is 0.193. The number of carbonyl (C=O) groups is 1. The van der Waals surface area contributed by atoms with E-state index in [1.54, 1.807) is 11.3 Å². The zero-order chi connectivity index (χ0) is 15.6. The van der Waals surface area contributed by atoms with Crippen LogP contribution in [0.1, 0.15) is 16.1 Å². The molecule has 0 spiro atoms. The SMILES string of the molecule is O=C(Cc1cccs1)N1CCc2[nH]nc(-c3ccccc3)c2C1. The molecule has 0 saturated heterocycles. The van der Waals surface area contributed by atoms with E-state index in [4.69, 9.17) is 0 Å². The Bertz CT molecular complexity index is 808. The Hall–Kier alpha value is -2.40. The van der Waals surface area contributed by atoms with Gasteiger partial charge in [-0.1, -0.05) is 36.4 Å². The minimum atomic E-state index is 0.193. The van der Waals surface area contributed by atoms with Crippen LogP contribution in [0.5, 0.6) is 0 Å². The molecule has 0 aliphatic carbocycles. The van der Waals surface area contributed by atoms with Gasteiger partial charge in [0.05, 0.1) is 12.1 Å². The Morgan fingerprint density at radius 3 is 2.87 bits per heavy atom. The van der Waals surface area contributed by atoms with E-state index >= 15 is 0 Å². The predicted molar refractivity (Wildman–Crippen MR) is 91.2 cm³/mol. The van der Waals surface area contributed by atoms with Crippen molar-refractivity contribution in [2.24, 2.45) is 0 Å². The molecule has 4 rings (SSSR count). The first-order chi connectivity index (χ1) is 11.3. The molecule has 0 atom stereocenters. The topological polar surface area (TPSA) is 49.0 Å². The van der Waals surface area contributed by atoms with Crippen LogP contribution in [0.4, 0.5) is 0 Å². The van der Waals surface area contributed by atoms with Gasteiger partial charge in [-0.05, 0) is 11.4 Å². The van der Waals surface area contributed by atoms with E-state index in [1.165, 1.54) is 0 Å². The van der Waals surface area contributed by atoms with E-state index in [1.807, 2.05) is 40.6 Å². The van der Waals surface area contributed by atoms with E-state index in [0.717, 1.165) is 40.4 Å². The highest BCUT2D eigenvalue weighted by Gasteiger charge is 2.25. The molecule has 1 N–H and O–H groups in total. The second-order valence-electron chi connectivity index (χ2n) is 5.72. The van der Waals surface area contributed by atoms with Crippen LogP contribution in [0.3, 0.4) is 0 Å². The van der Waals surface area contributed by atoms with Gasteiger partial charge in [-0.15, -0.1) is 11.3 Å². The van der Waals surface area contributed by atoms with E-state index in [0.29, 0.717) is 13.0 Å². The summed E-state index contributed by atoms with van der Waals surface area (Å²) in [7, 11) is 0. The number of nitrogens with one attached hydrogen (secondary N) is 1. The van der Waals surface area contributed by atoms with Crippen LogP contribution in [-0.2, 0) is 24.2 Å². The van der Waals surface area contributed by atoms with Crippen LogP contribution in [0.2, 0.25) is 0 Å². The average molecular weight is 323 g/mol.